The second kappa shape index (κ2) is 11.5. The molecule has 210 valence electrons. The molecule has 0 saturated carbocycles. The van der Waals surface area contributed by atoms with Crippen LogP contribution < -0.4 is 10.3 Å². The maximum absolute atomic E-state index is 13.6. The number of aromatic amines is 1. The number of benzene rings is 2. The lowest BCUT2D eigenvalue weighted by atomic mass is 10.00. The Balaban J connectivity index is 1.30. The van der Waals surface area contributed by atoms with Gasteiger partial charge in [0.1, 0.15) is 11.8 Å². The first kappa shape index (κ1) is 26.6. The number of tetrazole rings is 1. The molecule has 2 aromatic heterocycles. The van der Waals surface area contributed by atoms with Gasteiger partial charge in [-0.3, -0.25) is 14.6 Å². The monoisotopic (exact) mass is 543 g/mol. The summed E-state index contributed by atoms with van der Waals surface area (Å²) in [4.78, 5) is 21.6. The zero-order valence-electron chi connectivity index (χ0n) is 23.5. The van der Waals surface area contributed by atoms with E-state index in [-0.39, 0.29) is 17.7 Å². The number of nitrogens with one attached hydrogen (secondary N) is 1. The fourth-order valence-electron chi connectivity index (χ4n) is 5.88. The van der Waals surface area contributed by atoms with Crippen molar-refractivity contribution in [2.75, 3.05) is 39.9 Å². The van der Waals surface area contributed by atoms with Crippen LogP contribution in [0.4, 0.5) is 0 Å². The number of piperazine rings is 1. The van der Waals surface area contributed by atoms with E-state index in [1.54, 1.807) is 7.11 Å². The van der Waals surface area contributed by atoms with Crippen LogP contribution in [0.15, 0.2) is 47.3 Å². The topological polar surface area (TPSA) is 101 Å². The van der Waals surface area contributed by atoms with Gasteiger partial charge in [0, 0.05) is 50.4 Å². The first-order valence-electron chi connectivity index (χ1n) is 14.1. The molecule has 0 bridgehead atoms. The van der Waals surface area contributed by atoms with E-state index in [2.05, 4.69) is 62.4 Å². The highest BCUT2D eigenvalue weighted by Crippen LogP contribution is 2.29. The van der Waals surface area contributed by atoms with Gasteiger partial charge in [0.15, 0.2) is 5.82 Å². The predicted octanol–water partition coefficient (Wildman–Crippen LogP) is 3.23. The number of hydrogen-bond donors (Lipinski definition) is 1. The maximum atomic E-state index is 13.6. The van der Waals surface area contributed by atoms with E-state index >= 15 is 0 Å². The maximum Gasteiger partial charge on any atom is 0.253 e. The van der Waals surface area contributed by atoms with E-state index in [1.807, 2.05) is 28.9 Å². The summed E-state index contributed by atoms with van der Waals surface area (Å²) < 4.78 is 13.0. The first-order valence-corrected chi connectivity index (χ1v) is 14.1. The molecule has 1 N–H and O–H groups in total. The largest absolute Gasteiger partial charge is 0.497 e. The minimum atomic E-state index is -0.366. The van der Waals surface area contributed by atoms with Gasteiger partial charge in [-0.25, -0.2) is 4.68 Å². The van der Waals surface area contributed by atoms with Gasteiger partial charge in [0.2, 0.25) is 0 Å². The fraction of sp³-hybridized carbons (Fsp3) is 0.467. The summed E-state index contributed by atoms with van der Waals surface area (Å²) in [5.74, 6) is 1.55. The summed E-state index contributed by atoms with van der Waals surface area (Å²) in [6, 6.07) is 14.1. The van der Waals surface area contributed by atoms with Gasteiger partial charge in [0.05, 0.1) is 19.8 Å². The molecular formula is C30H37N7O3. The van der Waals surface area contributed by atoms with Crippen LogP contribution in [0.1, 0.15) is 47.0 Å². The molecule has 6 rings (SSSR count). The molecule has 0 spiro atoms. The molecule has 4 heterocycles. The summed E-state index contributed by atoms with van der Waals surface area (Å²) in [7, 11) is 1.69. The lowest BCUT2D eigenvalue weighted by Crippen LogP contribution is -2.48. The van der Waals surface area contributed by atoms with E-state index < -0.39 is 0 Å². The van der Waals surface area contributed by atoms with Crippen molar-refractivity contribution in [2.24, 2.45) is 0 Å². The SMILES string of the molecule is COc1ccc(CN2CCN([C@@H](c3cc4cc(C)c(C)cc4[nH]c3=O)c3nnnn3C[C@@H]3CCCO3)CC2)cc1. The van der Waals surface area contributed by atoms with E-state index in [0.717, 1.165) is 74.4 Å². The van der Waals surface area contributed by atoms with Crippen molar-refractivity contribution < 1.29 is 9.47 Å². The van der Waals surface area contributed by atoms with Gasteiger partial charge >= 0.3 is 0 Å². The molecule has 2 atom stereocenters. The van der Waals surface area contributed by atoms with Crippen LogP contribution in [-0.2, 0) is 17.8 Å². The first-order chi connectivity index (χ1) is 19.5. The highest BCUT2D eigenvalue weighted by atomic mass is 16.5. The summed E-state index contributed by atoms with van der Waals surface area (Å²) >= 11 is 0. The van der Waals surface area contributed by atoms with Crippen LogP contribution in [0.5, 0.6) is 5.75 Å². The Morgan fingerprint density at radius 1 is 1.07 bits per heavy atom. The summed E-state index contributed by atoms with van der Waals surface area (Å²) in [6.07, 6.45) is 2.12. The second-order valence-electron chi connectivity index (χ2n) is 11.0. The van der Waals surface area contributed by atoms with Crippen LogP contribution in [0, 0.1) is 13.8 Å². The van der Waals surface area contributed by atoms with Gasteiger partial charge in [-0.2, -0.15) is 0 Å². The molecule has 2 fully saturated rings. The predicted molar refractivity (Wildman–Crippen MR) is 153 cm³/mol. The molecule has 2 aliphatic rings. The molecule has 0 radical (unpaired) electrons. The lowest BCUT2D eigenvalue weighted by Gasteiger charge is -2.38. The fourth-order valence-corrected chi connectivity index (χ4v) is 5.88. The van der Waals surface area contributed by atoms with E-state index in [1.165, 1.54) is 11.1 Å². The number of aryl methyl sites for hydroxylation is 2. The number of rotatable bonds is 8. The van der Waals surface area contributed by atoms with Crippen LogP contribution in [-0.4, -0.2) is 81.0 Å². The van der Waals surface area contributed by atoms with Crippen LogP contribution in [0.3, 0.4) is 0 Å². The normalized spacial score (nSPS) is 19.3. The molecule has 40 heavy (non-hydrogen) atoms. The number of fused-ring (bicyclic) bond motifs is 1. The van der Waals surface area contributed by atoms with Crippen molar-refractivity contribution in [3.63, 3.8) is 0 Å². The highest BCUT2D eigenvalue weighted by Gasteiger charge is 2.33. The van der Waals surface area contributed by atoms with E-state index in [4.69, 9.17) is 9.47 Å². The minimum Gasteiger partial charge on any atom is -0.497 e. The molecular weight excluding hydrogens is 506 g/mol. The average molecular weight is 544 g/mol. The van der Waals surface area contributed by atoms with Crippen LogP contribution in [0.25, 0.3) is 10.9 Å². The third kappa shape index (κ3) is 5.52. The third-order valence-corrected chi connectivity index (χ3v) is 8.32. The summed E-state index contributed by atoms with van der Waals surface area (Å²) in [6.45, 7) is 9.71. The average Bonchev–Trinajstić information content (AvgIpc) is 3.64. The van der Waals surface area contributed by atoms with Gasteiger partial charge < -0.3 is 14.5 Å². The van der Waals surface area contributed by atoms with Crippen LogP contribution in [0.2, 0.25) is 0 Å². The standard InChI is InChI=1S/C30H37N7O3/c1-20-15-23-17-26(30(38)31-27(23)16-21(20)2)28(29-32-33-34-37(29)19-25-5-4-14-40-25)36-12-10-35(11-13-36)18-22-6-8-24(39-3)9-7-22/h6-9,15-17,25,28H,4-5,10-14,18-19H2,1-3H3,(H,31,38)/t25-,28-/m0/s1. The molecule has 4 aromatic rings. The quantitative estimate of drug-likeness (QED) is 0.362. The lowest BCUT2D eigenvalue weighted by molar-refractivity contribution is 0.0840. The summed E-state index contributed by atoms with van der Waals surface area (Å²) in [5, 5.41) is 13.9. The Labute approximate surface area is 233 Å². The minimum absolute atomic E-state index is 0.0877. The Hall–Kier alpha value is -3.60. The number of aromatic nitrogens is 5. The second-order valence-corrected chi connectivity index (χ2v) is 11.0. The number of methoxy groups -OCH3 is 1. The third-order valence-electron chi connectivity index (χ3n) is 8.32. The molecule has 0 amide bonds. The van der Waals surface area contributed by atoms with Crippen molar-refractivity contribution in [1.29, 1.82) is 0 Å². The van der Waals surface area contributed by atoms with E-state index in [9.17, 15) is 4.79 Å². The molecule has 10 heteroatoms. The number of pyridine rings is 1. The van der Waals surface area contributed by atoms with Gasteiger partial charge in [-0.15, -0.1) is 5.10 Å². The number of nitrogens with zero attached hydrogens (tertiary/aromatic N) is 6. The molecule has 2 saturated heterocycles. The van der Waals surface area contributed by atoms with Crippen molar-refractivity contribution >= 4 is 10.9 Å². The Morgan fingerprint density at radius 2 is 1.85 bits per heavy atom. The van der Waals surface area contributed by atoms with Crippen LogP contribution >= 0.6 is 0 Å². The molecule has 2 aliphatic heterocycles. The van der Waals surface area contributed by atoms with Gasteiger partial charge in [-0.05, 0) is 89.5 Å². The molecule has 0 aliphatic carbocycles. The van der Waals surface area contributed by atoms with Gasteiger partial charge in [0.25, 0.3) is 5.56 Å². The van der Waals surface area contributed by atoms with Crippen molar-refractivity contribution in [1.82, 2.24) is 35.0 Å². The van der Waals surface area contributed by atoms with E-state index in [0.29, 0.717) is 17.9 Å². The summed E-state index contributed by atoms with van der Waals surface area (Å²) in [5.41, 5.74) is 5.01. The zero-order chi connectivity index (χ0) is 27.6. The Morgan fingerprint density at radius 3 is 2.58 bits per heavy atom. The van der Waals surface area contributed by atoms with Gasteiger partial charge in [-0.1, -0.05) is 12.1 Å². The smallest absolute Gasteiger partial charge is 0.253 e. The molecule has 10 nitrogen and oxygen atoms in total. The van der Waals surface area contributed by atoms with Crippen molar-refractivity contribution in [3.05, 3.63) is 80.9 Å². The molecule has 2 aromatic carbocycles. The number of hydrogen-bond acceptors (Lipinski definition) is 8. The number of ether oxygens (including phenoxy) is 2. The Kier molecular flexibility index (Phi) is 7.64. The number of H-pyrrole nitrogens is 1. The highest BCUT2D eigenvalue weighted by molar-refractivity contribution is 5.81. The zero-order valence-corrected chi connectivity index (χ0v) is 23.5. The Bertz CT molecular complexity index is 1520. The molecule has 0 unspecified atom stereocenters. The van der Waals surface area contributed by atoms with Crippen molar-refractivity contribution in [3.8, 4) is 5.75 Å². The van der Waals surface area contributed by atoms with Crippen molar-refractivity contribution in [2.45, 2.75) is 51.9 Å².